The van der Waals surface area contributed by atoms with Crippen LogP contribution in [0.1, 0.15) is 16.1 Å². The van der Waals surface area contributed by atoms with Crippen LogP contribution in [0.4, 0.5) is 18.9 Å². The fourth-order valence-electron chi connectivity index (χ4n) is 3.72. The van der Waals surface area contributed by atoms with Gasteiger partial charge in [-0.25, -0.2) is 4.98 Å². The molecule has 0 fully saturated rings. The lowest BCUT2D eigenvalue weighted by molar-refractivity contribution is -0.137. The Morgan fingerprint density at radius 2 is 1.73 bits per heavy atom. The van der Waals surface area contributed by atoms with Gasteiger partial charge in [-0.2, -0.15) is 13.2 Å². The lowest BCUT2D eigenvalue weighted by Crippen LogP contribution is -2.16. The van der Waals surface area contributed by atoms with Gasteiger partial charge < -0.3 is 16.5 Å². The molecular weight excluding hydrogens is 433 g/mol. The Balaban J connectivity index is 1.61. The predicted molar refractivity (Wildman–Crippen MR) is 118 cm³/mol. The quantitative estimate of drug-likeness (QED) is 0.374. The first kappa shape index (κ1) is 20.4. The molecule has 164 valence electrons. The minimum atomic E-state index is -4.44. The summed E-state index contributed by atoms with van der Waals surface area (Å²) in [6, 6.07) is 15.7. The highest BCUT2D eigenvalue weighted by Crippen LogP contribution is 2.34. The van der Waals surface area contributed by atoms with E-state index in [1.165, 1.54) is 6.07 Å². The molecule has 0 aliphatic heterocycles. The zero-order valence-corrected chi connectivity index (χ0v) is 16.8. The molecule has 1 amide bonds. The van der Waals surface area contributed by atoms with Crippen molar-refractivity contribution in [2.24, 2.45) is 5.73 Å². The van der Waals surface area contributed by atoms with Crippen LogP contribution in [0.3, 0.4) is 0 Å². The first-order chi connectivity index (χ1) is 15.7. The molecule has 0 bridgehead atoms. The van der Waals surface area contributed by atoms with Crippen LogP contribution in [0.15, 0.2) is 60.7 Å². The van der Waals surface area contributed by atoms with Gasteiger partial charge in [-0.15, -0.1) is 10.2 Å². The van der Waals surface area contributed by atoms with Crippen molar-refractivity contribution in [1.29, 1.82) is 0 Å². The predicted octanol–water partition coefficient (Wildman–Crippen LogP) is 4.54. The van der Waals surface area contributed by atoms with Gasteiger partial charge in [0.1, 0.15) is 11.3 Å². The number of benzene rings is 3. The van der Waals surface area contributed by atoms with Crippen molar-refractivity contribution in [3.05, 3.63) is 71.9 Å². The second-order valence-electron chi connectivity index (χ2n) is 7.42. The number of nitrogens with two attached hydrogens (primary N) is 2. The summed E-state index contributed by atoms with van der Waals surface area (Å²) in [5, 5.41) is 8.54. The third-order valence-electron chi connectivity index (χ3n) is 5.32. The Labute approximate surface area is 184 Å². The van der Waals surface area contributed by atoms with Crippen LogP contribution in [-0.4, -0.2) is 26.1 Å². The lowest BCUT2D eigenvalue weighted by atomic mass is 10.0. The van der Waals surface area contributed by atoms with E-state index in [0.29, 0.717) is 38.9 Å². The summed E-state index contributed by atoms with van der Waals surface area (Å²) in [4.78, 5) is 19.0. The number of hydrogen-bond donors (Lipinski definition) is 3. The van der Waals surface area contributed by atoms with E-state index >= 15 is 0 Å². The van der Waals surface area contributed by atoms with Crippen molar-refractivity contribution >= 4 is 33.5 Å². The number of carbonyl (C=O) groups is 1. The number of imidazole rings is 1. The number of carbonyl (C=O) groups excluding carboxylic acids is 1. The van der Waals surface area contributed by atoms with Gasteiger partial charge in [0.2, 0.25) is 0 Å². The molecule has 0 unspecified atom stereocenters. The smallest absolute Gasteiger partial charge is 0.396 e. The average molecular weight is 448 g/mol. The molecule has 2 aromatic heterocycles. The number of alkyl halides is 3. The number of amides is 1. The molecule has 2 heterocycles. The first-order valence-corrected chi connectivity index (χ1v) is 9.75. The van der Waals surface area contributed by atoms with E-state index in [-0.39, 0.29) is 11.4 Å². The van der Waals surface area contributed by atoms with E-state index < -0.39 is 17.6 Å². The van der Waals surface area contributed by atoms with Crippen molar-refractivity contribution in [3.8, 4) is 22.5 Å². The van der Waals surface area contributed by atoms with Gasteiger partial charge in [-0.3, -0.25) is 4.79 Å². The second-order valence-corrected chi connectivity index (χ2v) is 7.42. The van der Waals surface area contributed by atoms with Crippen LogP contribution in [0, 0.1) is 0 Å². The van der Waals surface area contributed by atoms with E-state index in [2.05, 4.69) is 20.2 Å². The van der Waals surface area contributed by atoms with Crippen molar-refractivity contribution in [3.63, 3.8) is 0 Å². The van der Waals surface area contributed by atoms with Gasteiger partial charge in [0.25, 0.3) is 5.91 Å². The van der Waals surface area contributed by atoms with Gasteiger partial charge in [0, 0.05) is 16.5 Å². The zero-order valence-electron chi connectivity index (χ0n) is 16.8. The van der Waals surface area contributed by atoms with Gasteiger partial charge >= 0.3 is 6.18 Å². The Morgan fingerprint density at radius 3 is 2.48 bits per heavy atom. The number of H-pyrrole nitrogens is 1. The fourth-order valence-corrected chi connectivity index (χ4v) is 3.72. The van der Waals surface area contributed by atoms with E-state index in [1.54, 1.807) is 24.3 Å². The van der Waals surface area contributed by atoms with E-state index in [0.717, 1.165) is 17.7 Å². The van der Waals surface area contributed by atoms with Gasteiger partial charge in [0.15, 0.2) is 5.69 Å². The maximum absolute atomic E-state index is 13.1. The fraction of sp³-hybridized carbons (Fsp3) is 0.0435. The summed E-state index contributed by atoms with van der Waals surface area (Å²) in [5.74, 6) is -0.449. The standard InChI is InChI=1S/C23H15F3N6O/c24-23(25,26)13-4-1-3-12(9-13)22-29-16-8-7-11(10-17(16)30-22)14-5-2-6-15-18(27)20(21(28)33)32-31-19(14)15/h1-10H,(H2,27,31)(H2,28,33)(H,29,30). The Morgan fingerprint density at radius 1 is 0.939 bits per heavy atom. The number of nitrogens with zero attached hydrogens (tertiary/aromatic N) is 3. The van der Waals surface area contributed by atoms with Crippen molar-refractivity contribution in [1.82, 2.24) is 20.2 Å². The number of nitrogen functional groups attached to an aromatic ring is 1. The summed E-state index contributed by atoms with van der Waals surface area (Å²) in [5.41, 5.74) is 14.2. The van der Waals surface area contributed by atoms with Gasteiger partial charge in [0.05, 0.1) is 22.3 Å². The highest BCUT2D eigenvalue weighted by molar-refractivity contribution is 6.07. The highest BCUT2D eigenvalue weighted by Gasteiger charge is 2.30. The molecule has 0 spiro atoms. The number of fused-ring (bicyclic) bond motifs is 2. The minimum Gasteiger partial charge on any atom is -0.396 e. The van der Waals surface area contributed by atoms with Gasteiger partial charge in [-0.05, 0) is 29.8 Å². The third-order valence-corrected chi connectivity index (χ3v) is 5.32. The van der Waals surface area contributed by atoms with Crippen LogP contribution in [0.2, 0.25) is 0 Å². The molecule has 0 saturated heterocycles. The maximum atomic E-state index is 13.1. The monoisotopic (exact) mass is 448 g/mol. The molecule has 0 aliphatic carbocycles. The number of anilines is 1. The zero-order chi connectivity index (χ0) is 23.3. The average Bonchev–Trinajstić information content (AvgIpc) is 3.22. The third kappa shape index (κ3) is 3.51. The topological polar surface area (TPSA) is 124 Å². The molecule has 3 aromatic carbocycles. The van der Waals surface area contributed by atoms with Gasteiger partial charge in [-0.1, -0.05) is 36.4 Å². The normalized spacial score (nSPS) is 11.8. The van der Waals surface area contributed by atoms with Crippen LogP contribution < -0.4 is 11.5 Å². The SMILES string of the molecule is NC(=O)c1nnc2c(-c3ccc4nc(-c5cccc(C(F)(F)F)c5)[nH]c4c3)cccc2c1N. The molecule has 5 rings (SSSR count). The summed E-state index contributed by atoms with van der Waals surface area (Å²) < 4.78 is 39.2. The molecule has 5 N–H and O–H groups in total. The van der Waals surface area contributed by atoms with Crippen molar-refractivity contribution < 1.29 is 18.0 Å². The lowest BCUT2D eigenvalue weighted by Gasteiger charge is -2.09. The number of aromatic amines is 1. The summed E-state index contributed by atoms with van der Waals surface area (Å²) in [7, 11) is 0. The molecule has 5 aromatic rings. The number of rotatable bonds is 3. The largest absolute Gasteiger partial charge is 0.416 e. The van der Waals surface area contributed by atoms with Crippen LogP contribution >= 0.6 is 0 Å². The van der Waals surface area contributed by atoms with Crippen molar-refractivity contribution in [2.45, 2.75) is 6.18 Å². The summed E-state index contributed by atoms with van der Waals surface area (Å²) in [6.07, 6.45) is -4.44. The number of halogens is 3. The van der Waals surface area contributed by atoms with Crippen LogP contribution in [0.5, 0.6) is 0 Å². The number of hydrogen-bond acceptors (Lipinski definition) is 5. The van der Waals surface area contributed by atoms with Crippen molar-refractivity contribution in [2.75, 3.05) is 5.73 Å². The molecule has 0 aliphatic rings. The molecule has 0 saturated carbocycles. The van der Waals surface area contributed by atoms with Crippen LogP contribution in [0.25, 0.3) is 44.5 Å². The van der Waals surface area contributed by atoms with E-state index in [1.807, 2.05) is 18.2 Å². The molecule has 0 atom stereocenters. The summed E-state index contributed by atoms with van der Waals surface area (Å²) >= 11 is 0. The second kappa shape index (κ2) is 7.30. The Bertz CT molecular complexity index is 1560. The minimum absolute atomic E-state index is 0.102. The summed E-state index contributed by atoms with van der Waals surface area (Å²) in [6.45, 7) is 0. The molecule has 7 nitrogen and oxygen atoms in total. The van der Waals surface area contributed by atoms with E-state index in [9.17, 15) is 18.0 Å². The molecular formula is C23H15F3N6O. The Hall–Kier alpha value is -4.47. The Kier molecular flexibility index (Phi) is 4.52. The number of aromatic nitrogens is 4. The first-order valence-electron chi connectivity index (χ1n) is 9.75. The van der Waals surface area contributed by atoms with Crippen LogP contribution in [-0.2, 0) is 6.18 Å². The number of primary amides is 1. The molecule has 33 heavy (non-hydrogen) atoms. The van der Waals surface area contributed by atoms with E-state index in [4.69, 9.17) is 11.5 Å². The highest BCUT2D eigenvalue weighted by atomic mass is 19.4. The maximum Gasteiger partial charge on any atom is 0.416 e. The molecule has 10 heteroatoms. The molecule has 0 radical (unpaired) electrons. The number of nitrogens with one attached hydrogen (secondary N) is 1.